The normalized spacial score (nSPS) is 18.0. The summed E-state index contributed by atoms with van der Waals surface area (Å²) in [7, 11) is 0. The summed E-state index contributed by atoms with van der Waals surface area (Å²) in [6, 6.07) is 17.7. The van der Waals surface area contributed by atoms with Gasteiger partial charge < -0.3 is 10.6 Å². The Bertz CT molecular complexity index is 1010. The molecule has 2 aliphatic carbocycles. The largest absolute Gasteiger partial charge is 0.351 e. The summed E-state index contributed by atoms with van der Waals surface area (Å²) in [4.78, 5) is 23.0. The summed E-state index contributed by atoms with van der Waals surface area (Å²) in [6.07, 6.45) is 21.1. The zero-order valence-electron chi connectivity index (χ0n) is 23.0. The molecule has 1 amide bonds. The zero-order valence-corrected chi connectivity index (χ0v) is 23.0. The Morgan fingerprint density at radius 3 is 1.84 bits per heavy atom. The number of aromatic nitrogens is 2. The van der Waals surface area contributed by atoms with Crippen molar-refractivity contribution in [1.29, 1.82) is 0 Å². The third-order valence-electron chi connectivity index (χ3n) is 8.00. The first-order valence-corrected chi connectivity index (χ1v) is 15.1. The van der Waals surface area contributed by atoms with E-state index in [0.29, 0.717) is 24.1 Å². The van der Waals surface area contributed by atoms with Crippen molar-refractivity contribution in [2.75, 3.05) is 5.32 Å². The van der Waals surface area contributed by atoms with Gasteiger partial charge in [-0.15, -0.1) is 0 Å². The molecule has 1 aromatic heterocycles. The van der Waals surface area contributed by atoms with Crippen LogP contribution in [0.5, 0.6) is 0 Å². The van der Waals surface area contributed by atoms with Crippen LogP contribution in [0.1, 0.15) is 124 Å². The van der Waals surface area contributed by atoms with E-state index in [0.717, 1.165) is 17.2 Å². The molecule has 2 aromatic rings. The SMILES string of the molecule is O=C(NCc1cnc(NC2CCCCCCCC2)nc1C1CCCCCCC1)c1ccccccccc1. The van der Waals surface area contributed by atoms with Crippen molar-refractivity contribution in [2.24, 2.45) is 0 Å². The second-order valence-corrected chi connectivity index (χ2v) is 11.0. The standard InChI is InChI=1S/C33H46N4O/c38-32(28-21-15-7-2-1-3-8-16-22-28)34-25-29-26-35-33(36-30-23-17-11-4-5-12-18-24-30)37-31(29)27-19-13-9-6-10-14-20-27/h1-3,7-8,15-16,21-22,26-27,30H,4-6,9-14,17-20,23-25H2,(H,34,38)(H,35,36,37). The first-order chi connectivity index (χ1) is 18.8. The fourth-order valence-corrected chi connectivity index (χ4v) is 5.79. The van der Waals surface area contributed by atoms with Crippen LogP contribution in [0.3, 0.4) is 0 Å². The minimum atomic E-state index is -0.0831. The number of carbonyl (C=O) groups is 1. The Labute approximate surface area is 229 Å². The van der Waals surface area contributed by atoms with E-state index in [4.69, 9.17) is 9.97 Å². The van der Waals surface area contributed by atoms with Gasteiger partial charge >= 0.3 is 0 Å². The van der Waals surface area contributed by atoms with Crippen LogP contribution in [0, 0.1) is 0 Å². The van der Waals surface area contributed by atoms with Crippen molar-refractivity contribution in [3.63, 3.8) is 0 Å². The van der Waals surface area contributed by atoms with Crippen LogP contribution in [-0.2, 0) is 6.54 Å². The highest BCUT2D eigenvalue weighted by Gasteiger charge is 2.21. The summed E-state index contributed by atoms with van der Waals surface area (Å²) >= 11 is 0. The van der Waals surface area contributed by atoms with Gasteiger partial charge in [0.05, 0.1) is 5.69 Å². The van der Waals surface area contributed by atoms with Crippen molar-refractivity contribution >= 4 is 11.9 Å². The van der Waals surface area contributed by atoms with Crippen molar-refractivity contribution < 1.29 is 4.79 Å². The molecule has 0 bridgehead atoms. The summed E-state index contributed by atoms with van der Waals surface area (Å²) in [5, 5.41) is 6.85. The van der Waals surface area contributed by atoms with Gasteiger partial charge in [0.15, 0.2) is 0 Å². The average molecular weight is 515 g/mol. The molecule has 2 fully saturated rings. The number of nitrogens with zero attached hydrogens (tertiary/aromatic N) is 2. The topological polar surface area (TPSA) is 66.9 Å². The van der Waals surface area contributed by atoms with Crippen LogP contribution in [0.2, 0.25) is 0 Å². The molecule has 2 N–H and O–H groups in total. The number of carbonyl (C=O) groups excluding carboxylic acids is 1. The number of anilines is 1. The molecule has 38 heavy (non-hydrogen) atoms. The van der Waals surface area contributed by atoms with Gasteiger partial charge in [-0.2, -0.15) is 0 Å². The molecule has 5 nitrogen and oxygen atoms in total. The Hall–Kier alpha value is -2.95. The van der Waals surface area contributed by atoms with E-state index in [-0.39, 0.29) is 5.91 Å². The van der Waals surface area contributed by atoms with Gasteiger partial charge in [-0.3, -0.25) is 4.79 Å². The van der Waals surface area contributed by atoms with Gasteiger partial charge in [0, 0.05) is 35.8 Å². The van der Waals surface area contributed by atoms with Crippen LogP contribution in [0.4, 0.5) is 5.95 Å². The molecular weight excluding hydrogens is 468 g/mol. The lowest BCUT2D eigenvalue weighted by molar-refractivity contribution is 0.0950. The van der Waals surface area contributed by atoms with E-state index >= 15 is 0 Å². The Morgan fingerprint density at radius 1 is 0.711 bits per heavy atom. The van der Waals surface area contributed by atoms with Crippen LogP contribution in [0.25, 0.3) is 0 Å². The van der Waals surface area contributed by atoms with Gasteiger partial charge in [0.1, 0.15) is 0 Å². The van der Waals surface area contributed by atoms with Crippen molar-refractivity contribution in [1.82, 2.24) is 15.3 Å². The Kier molecular flexibility index (Phi) is 11.9. The van der Waals surface area contributed by atoms with Crippen molar-refractivity contribution in [3.8, 4) is 0 Å². The molecule has 0 saturated heterocycles. The lowest BCUT2D eigenvalue weighted by Gasteiger charge is -2.24. The van der Waals surface area contributed by atoms with E-state index < -0.39 is 0 Å². The lowest BCUT2D eigenvalue weighted by atomic mass is 9.87. The molecule has 0 spiro atoms. The van der Waals surface area contributed by atoms with Crippen molar-refractivity contribution in [3.05, 3.63) is 77.6 Å². The van der Waals surface area contributed by atoms with Crippen LogP contribution in [0.15, 0.2) is 60.8 Å². The van der Waals surface area contributed by atoms with E-state index in [1.54, 1.807) is 0 Å². The number of amides is 1. The first-order valence-electron chi connectivity index (χ1n) is 15.1. The molecule has 204 valence electrons. The second kappa shape index (κ2) is 16.1. The molecule has 0 atom stereocenters. The number of hydrogen-bond donors (Lipinski definition) is 2. The molecule has 4 rings (SSSR count). The maximum atomic E-state index is 13.1. The summed E-state index contributed by atoms with van der Waals surface area (Å²) in [5.41, 5.74) is 2.82. The minimum Gasteiger partial charge on any atom is -0.351 e. The highest BCUT2D eigenvalue weighted by molar-refractivity contribution is 5.93. The molecule has 5 heteroatoms. The molecule has 2 saturated carbocycles. The maximum Gasteiger partial charge on any atom is 0.251 e. The average Bonchev–Trinajstić information content (AvgIpc) is 3.04. The maximum absolute atomic E-state index is 13.1. The monoisotopic (exact) mass is 514 g/mol. The summed E-state index contributed by atoms with van der Waals surface area (Å²) in [5.74, 6) is 1.11. The molecule has 0 aliphatic heterocycles. The fraction of sp³-hybridized carbons (Fsp3) is 0.545. The highest BCUT2D eigenvalue weighted by atomic mass is 16.1. The molecule has 0 radical (unpaired) electrons. The Balaban J connectivity index is 1.52. The second-order valence-electron chi connectivity index (χ2n) is 11.0. The first kappa shape index (κ1) is 28.1. The van der Waals surface area contributed by atoms with Gasteiger partial charge in [-0.1, -0.05) is 113 Å². The van der Waals surface area contributed by atoms with E-state index in [2.05, 4.69) is 10.6 Å². The lowest BCUT2D eigenvalue weighted by Crippen LogP contribution is -2.25. The predicted octanol–water partition coefficient (Wildman–Crippen LogP) is 8.27. The van der Waals surface area contributed by atoms with E-state index in [1.165, 1.54) is 96.3 Å². The minimum absolute atomic E-state index is 0.0831. The molecule has 0 unspecified atom stereocenters. The Morgan fingerprint density at radius 2 is 1.24 bits per heavy atom. The summed E-state index contributed by atoms with van der Waals surface area (Å²) in [6.45, 7) is 0.443. The van der Waals surface area contributed by atoms with Crippen LogP contribution < -0.4 is 10.6 Å². The number of nitrogens with one attached hydrogen (secondary N) is 2. The zero-order chi connectivity index (χ0) is 26.3. The van der Waals surface area contributed by atoms with Crippen LogP contribution in [-0.4, -0.2) is 21.9 Å². The predicted molar refractivity (Wildman–Crippen MR) is 157 cm³/mol. The van der Waals surface area contributed by atoms with Gasteiger partial charge in [0.25, 0.3) is 5.91 Å². The summed E-state index contributed by atoms with van der Waals surface area (Å²) < 4.78 is 0. The molecule has 2 aliphatic rings. The van der Waals surface area contributed by atoms with E-state index in [1.807, 2.05) is 60.8 Å². The smallest absolute Gasteiger partial charge is 0.251 e. The third kappa shape index (κ3) is 9.41. The molecule has 1 aromatic carbocycles. The third-order valence-corrected chi connectivity index (χ3v) is 8.00. The fourth-order valence-electron chi connectivity index (χ4n) is 5.79. The molecular formula is C33H46N4O. The highest BCUT2D eigenvalue weighted by Crippen LogP contribution is 2.32. The van der Waals surface area contributed by atoms with Gasteiger partial charge in [-0.05, 0) is 37.8 Å². The van der Waals surface area contributed by atoms with Gasteiger partial charge in [-0.25, -0.2) is 9.97 Å². The van der Waals surface area contributed by atoms with E-state index in [9.17, 15) is 4.79 Å². The van der Waals surface area contributed by atoms with Gasteiger partial charge in [0.2, 0.25) is 5.95 Å². The molecule has 1 heterocycles. The van der Waals surface area contributed by atoms with Crippen molar-refractivity contribution in [2.45, 2.75) is 115 Å². The number of hydrogen-bond acceptors (Lipinski definition) is 4. The number of rotatable bonds is 6. The quantitative estimate of drug-likeness (QED) is 0.407. The van der Waals surface area contributed by atoms with Crippen LogP contribution >= 0.6 is 0 Å².